The van der Waals surface area contributed by atoms with E-state index in [-0.39, 0.29) is 18.4 Å². The molecule has 0 radical (unpaired) electrons. The van der Waals surface area contributed by atoms with E-state index >= 15 is 0 Å². The van der Waals surface area contributed by atoms with Gasteiger partial charge in [0.1, 0.15) is 0 Å². The number of likely N-dealkylation sites (N-methyl/N-ethyl adjacent to an activating group) is 1. The van der Waals surface area contributed by atoms with Crippen LogP contribution in [0.2, 0.25) is 0 Å². The molecule has 3 aromatic carbocycles. The Morgan fingerprint density at radius 2 is 1.55 bits per heavy atom. The fraction of sp³-hybridized carbons (Fsp3) is 0.200. The van der Waals surface area contributed by atoms with Crippen molar-refractivity contribution in [3.63, 3.8) is 0 Å². The second kappa shape index (κ2) is 10.8. The highest BCUT2D eigenvalue weighted by molar-refractivity contribution is 5.94. The zero-order chi connectivity index (χ0) is 22.1. The molecule has 0 atom stereocenters. The van der Waals surface area contributed by atoms with Gasteiger partial charge in [-0.1, -0.05) is 48.5 Å². The molecule has 3 rings (SSSR count). The largest absolute Gasteiger partial charge is 0.493 e. The average molecular weight is 418 g/mol. The lowest BCUT2D eigenvalue weighted by Crippen LogP contribution is -2.28. The minimum Gasteiger partial charge on any atom is -0.493 e. The van der Waals surface area contributed by atoms with E-state index in [0.717, 1.165) is 16.7 Å². The Balaban J connectivity index is 1.58. The number of methoxy groups -OCH3 is 1. The Labute approximate surface area is 182 Å². The summed E-state index contributed by atoms with van der Waals surface area (Å²) in [5.74, 6) is 0.623. The van der Waals surface area contributed by atoms with Crippen molar-refractivity contribution in [3.05, 3.63) is 83.9 Å². The molecule has 2 N–H and O–H groups in total. The molecule has 6 nitrogen and oxygen atoms in total. The number of carbonyl (C=O) groups excluding carboxylic acids is 2. The molecule has 0 unspecified atom stereocenters. The Morgan fingerprint density at radius 3 is 2.23 bits per heavy atom. The molecule has 0 fully saturated rings. The van der Waals surface area contributed by atoms with Crippen molar-refractivity contribution in [3.8, 4) is 22.6 Å². The van der Waals surface area contributed by atoms with Gasteiger partial charge in [-0.2, -0.15) is 0 Å². The van der Waals surface area contributed by atoms with Crippen LogP contribution in [0.15, 0.2) is 72.8 Å². The topological polar surface area (TPSA) is 76.7 Å². The van der Waals surface area contributed by atoms with Gasteiger partial charge < -0.3 is 20.1 Å². The first-order chi connectivity index (χ1) is 15.1. The number of amides is 2. The molecule has 0 saturated heterocycles. The van der Waals surface area contributed by atoms with Gasteiger partial charge in [0.25, 0.3) is 11.8 Å². The average Bonchev–Trinajstić information content (AvgIpc) is 2.82. The summed E-state index contributed by atoms with van der Waals surface area (Å²) in [5, 5.41) is 5.59. The van der Waals surface area contributed by atoms with E-state index in [1.165, 1.54) is 7.11 Å². The molecule has 0 saturated carbocycles. The van der Waals surface area contributed by atoms with Crippen molar-refractivity contribution in [2.75, 3.05) is 20.3 Å². The van der Waals surface area contributed by atoms with E-state index in [1.54, 1.807) is 12.1 Å². The van der Waals surface area contributed by atoms with E-state index in [9.17, 15) is 9.59 Å². The van der Waals surface area contributed by atoms with Crippen molar-refractivity contribution in [1.82, 2.24) is 10.6 Å². The van der Waals surface area contributed by atoms with Crippen LogP contribution in [0.25, 0.3) is 11.1 Å². The van der Waals surface area contributed by atoms with Crippen LogP contribution in [-0.2, 0) is 11.3 Å². The maximum atomic E-state index is 12.5. The standard InChI is InChI=1S/C25H26N2O4/c1-3-26-24(28)17-31-22-14-9-18(15-23(22)30-2)16-27-25(29)21-12-10-20(11-13-21)19-7-5-4-6-8-19/h4-15H,3,16-17H2,1-2H3,(H,26,28)(H,27,29). The molecule has 0 bridgehead atoms. The van der Waals surface area contributed by atoms with Gasteiger partial charge in [0, 0.05) is 18.7 Å². The molecule has 0 aliphatic carbocycles. The maximum absolute atomic E-state index is 12.5. The highest BCUT2D eigenvalue weighted by Crippen LogP contribution is 2.28. The molecular weight excluding hydrogens is 392 g/mol. The van der Waals surface area contributed by atoms with E-state index in [2.05, 4.69) is 10.6 Å². The van der Waals surface area contributed by atoms with E-state index in [1.807, 2.05) is 67.6 Å². The maximum Gasteiger partial charge on any atom is 0.257 e. The van der Waals surface area contributed by atoms with E-state index in [0.29, 0.717) is 30.2 Å². The quantitative estimate of drug-likeness (QED) is 0.554. The van der Waals surface area contributed by atoms with Crippen molar-refractivity contribution >= 4 is 11.8 Å². The van der Waals surface area contributed by atoms with Crippen LogP contribution in [0.3, 0.4) is 0 Å². The molecule has 160 valence electrons. The van der Waals surface area contributed by atoms with Gasteiger partial charge in [-0.3, -0.25) is 9.59 Å². The molecule has 0 aromatic heterocycles. The molecule has 3 aromatic rings. The predicted octanol–water partition coefficient (Wildman–Crippen LogP) is 3.81. The number of ether oxygens (including phenoxy) is 2. The summed E-state index contributed by atoms with van der Waals surface area (Å²) in [7, 11) is 1.53. The van der Waals surface area contributed by atoms with Crippen LogP contribution in [-0.4, -0.2) is 32.1 Å². The first-order valence-corrected chi connectivity index (χ1v) is 10.1. The van der Waals surface area contributed by atoms with Crippen molar-refractivity contribution in [2.45, 2.75) is 13.5 Å². The van der Waals surface area contributed by atoms with Crippen molar-refractivity contribution in [1.29, 1.82) is 0 Å². The molecule has 2 amide bonds. The molecule has 6 heteroatoms. The van der Waals surface area contributed by atoms with E-state index in [4.69, 9.17) is 9.47 Å². The van der Waals surface area contributed by atoms with Crippen LogP contribution in [0.5, 0.6) is 11.5 Å². The Kier molecular flexibility index (Phi) is 7.65. The highest BCUT2D eigenvalue weighted by atomic mass is 16.5. The molecular formula is C25H26N2O4. The Hall–Kier alpha value is -3.80. The SMILES string of the molecule is CCNC(=O)COc1ccc(CNC(=O)c2ccc(-c3ccccc3)cc2)cc1OC. The van der Waals surface area contributed by atoms with Gasteiger partial charge in [0.15, 0.2) is 18.1 Å². The summed E-state index contributed by atoms with van der Waals surface area (Å²) < 4.78 is 10.9. The lowest BCUT2D eigenvalue weighted by atomic mass is 10.0. The zero-order valence-corrected chi connectivity index (χ0v) is 17.7. The molecule has 0 aliphatic heterocycles. The van der Waals surface area contributed by atoms with Gasteiger partial charge >= 0.3 is 0 Å². The smallest absolute Gasteiger partial charge is 0.257 e. The van der Waals surface area contributed by atoms with E-state index < -0.39 is 0 Å². The third kappa shape index (κ3) is 6.09. The van der Waals surface area contributed by atoms with Gasteiger partial charge in [0.2, 0.25) is 0 Å². The second-order valence-corrected chi connectivity index (χ2v) is 6.85. The summed E-state index contributed by atoms with van der Waals surface area (Å²) in [6.45, 7) is 2.65. The summed E-state index contributed by atoms with van der Waals surface area (Å²) in [6, 6.07) is 22.9. The minimum atomic E-state index is -0.195. The fourth-order valence-electron chi connectivity index (χ4n) is 3.06. The Bertz CT molecular complexity index is 1020. The highest BCUT2D eigenvalue weighted by Gasteiger charge is 2.10. The summed E-state index contributed by atoms with van der Waals surface area (Å²) >= 11 is 0. The van der Waals surface area contributed by atoms with Gasteiger partial charge in [-0.15, -0.1) is 0 Å². The molecule has 0 heterocycles. The number of hydrogen-bond acceptors (Lipinski definition) is 4. The van der Waals surface area contributed by atoms with Crippen LogP contribution < -0.4 is 20.1 Å². The molecule has 31 heavy (non-hydrogen) atoms. The van der Waals surface area contributed by atoms with Gasteiger partial charge in [0.05, 0.1) is 7.11 Å². The van der Waals surface area contributed by atoms with Crippen LogP contribution in [0, 0.1) is 0 Å². The fourth-order valence-corrected chi connectivity index (χ4v) is 3.06. The number of benzene rings is 3. The first kappa shape index (κ1) is 21.9. The third-order valence-corrected chi connectivity index (χ3v) is 4.67. The van der Waals surface area contributed by atoms with Crippen LogP contribution in [0.1, 0.15) is 22.8 Å². The third-order valence-electron chi connectivity index (χ3n) is 4.67. The number of nitrogens with one attached hydrogen (secondary N) is 2. The van der Waals surface area contributed by atoms with Crippen molar-refractivity contribution in [2.24, 2.45) is 0 Å². The number of carbonyl (C=O) groups is 2. The summed E-state index contributed by atoms with van der Waals surface area (Å²) in [4.78, 5) is 24.1. The summed E-state index contributed by atoms with van der Waals surface area (Å²) in [5.41, 5.74) is 3.62. The predicted molar refractivity (Wildman–Crippen MR) is 120 cm³/mol. The molecule has 0 aliphatic rings. The normalized spacial score (nSPS) is 10.3. The second-order valence-electron chi connectivity index (χ2n) is 6.85. The van der Waals surface area contributed by atoms with Gasteiger partial charge in [-0.25, -0.2) is 0 Å². The first-order valence-electron chi connectivity index (χ1n) is 10.1. The monoisotopic (exact) mass is 418 g/mol. The number of hydrogen-bond donors (Lipinski definition) is 2. The lowest BCUT2D eigenvalue weighted by Gasteiger charge is -2.12. The number of rotatable bonds is 9. The van der Waals surface area contributed by atoms with Crippen LogP contribution in [0.4, 0.5) is 0 Å². The lowest BCUT2D eigenvalue weighted by molar-refractivity contribution is -0.123. The molecule has 0 spiro atoms. The summed E-state index contributed by atoms with van der Waals surface area (Å²) in [6.07, 6.45) is 0. The minimum absolute atomic E-state index is 0.0841. The Morgan fingerprint density at radius 1 is 0.839 bits per heavy atom. The van der Waals surface area contributed by atoms with Crippen LogP contribution >= 0.6 is 0 Å². The zero-order valence-electron chi connectivity index (χ0n) is 17.7. The van der Waals surface area contributed by atoms with Gasteiger partial charge in [-0.05, 0) is 47.9 Å². The van der Waals surface area contributed by atoms with Crippen molar-refractivity contribution < 1.29 is 19.1 Å².